The van der Waals surface area contributed by atoms with Crippen molar-refractivity contribution in [1.29, 1.82) is 0 Å². The van der Waals surface area contributed by atoms with E-state index in [1.54, 1.807) is 0 Å². The Labute approximate surface area is 148 Å². The molecule has 2 heterocycles. The maximum absolute atomic E-state index is 4.69. The number of guanidine groups is 1. The molecular formula is C17H28N8. The van der Waals surface area contributed by atoms with Gasteiger partial charge in [0.15, 0.2) is 11.8 Å². The number of aromatic nitrogens is 5. The fraction of sp³-hybridized carbons (Fsp3) is 0.647. The van der Waals surface area contributed by atoms with Gasteiger partial charge in [0, 0.05) is 19.8 Å². The molecule has 0 bridgehead atoms. The molecule has 0 unspecified atom stereocenters. The van der Waals surface area contributed by atoms with E-state index in [1.807, 2.05) is 18.5 Å². The van der Waals surface area contributed by atoms with Gasteiger partial charge in [-0.25, -0.2) is 4.99 Å². The molecule has 0 spiro atoms. The second-order valence-electron chi connectivity index (χ2n) is 6.50. The number of nitrogens with zero attached hydrogens (tertiary/aromatic N) is 6. The summed E-state index contributed by atoms with van der Waals surface area (Å²) in [5, 5.41) is 19.5. The van der Waals surface area contributed by atoms with E-state index >= 15 is 0 Å². The van der Waals surface area contributed by atoms with Crippen LogP contribution in [-0.2, 0) is 20.1 Å². The molecule has 3 rings (SSSR count). The lowest BCUT2D eigenvalue weighted by Crippen LogP contribution is -2.37. The Morgan fingerprint density at radius 2 is 2.08 bits per heavy atom. The van der Waals surface area contributed by atoms with Crippen molar-refractivity contribution >= 4 is 5.96 Å². The summed E-state index contributed by atoms with van der Waals surface area (Å²) in [6.45, 7) is 5.95. The van der Waals surface area contributed by atoms with Crippen LogP contribution in [0, 0.1) is 6.92 Å². The molecule has 0 aliphatic heterocycles. The number of rotatable bonds is 6. The van der Waals surface area contributed by atoms with E-state index in [-0.39, 0.29) is 0 Å². The molecule has 2 aromatic heterocycles. The SMILES string of the molecule is CCNC(=NCc1ccn(C2CCCC2)n1)NCc1nnc(C)n1C. The molecule has 2 aromatic rings. The highest BCUT2D eigenvalue weighted by atomic mass is 15.3. The Kier molecular flexibility index (Phi) is 5.67. The van der Waals surface area contributed by atoms with E-state index in [9.17, 15) is 0 Å². The quantitative estimate of drug-likeness (QED) is 0.615. The summed E-state index contributed by atoms with van der Waals surface area (Å²) in [7, 11) is 1.96. The Balaban J connectivity index is 1.58. The van der Waals surface area contributed by atoms with Gasteiger partial charge >= 0.3 is 0 Å². The van der Waals surface area contributed by atoms with Crippen LogP contribution in [0.25, 0.3) is 0 Å². The van der Waals surface area contributed by atoms with E-state index in [4.69, 9.17) is 0 Å². The van der Waals surface area contributed by atoms with Gasteiger partial charge in [-0.05, 0) is 32.8 Å². The normalized spacial score (nSPS) is 15.7. The maximum atomic E-state index is 4.69. The zero-order valence-electron chi connectivity index (χ0n) is 15.4. The molecule has 8 nitrogen and oxygen atoms in total. The second kappa shape index (κ2) is 8.13. The minimum atomic E-state index is 0.562. The number of hydrogen-bond acceptors (Lipinski definition) is 4. The van der Waals surface area contributed by atoms with Crippen LogP contribution in [-0.4, -0.2) is 37.0 Å². The minimum Gasteiger partial charge on any atom is -0.357 e. The molecule has 136 valence electrons. The van der Waals surface area contributed by atoms with Gasteiger partial charge in [-0.15, -0.1) is 10.2 Å². The monoisotopic (exact) mass is 344 g/mol. The summed E-state index contributed by atoms with van der Waals surface area (Å²) < 4.78 is 4.08. The first-order chi connectivity index (χ1) is 12.2. The third-order valence-electron chi connectivity index (χ3n) is 4.70. The summed E-state index contributed by atoms with van der Waals surface area (Å²) in [5.41, 5.74) is 0.999. The first kappa shape index (κ1) is 17.4. The molecule has 2 N–H and O–H groups in total. The molecule has 25 heavy (non-hydrogen) atoms. The van der Waals surface area contributed by atoms with E-state index < -0.39 is 0 Å². The van der Waals surface area contributed by atoms with Crippen molar-refractivity contribution in [3.63, 3.8) is 0 Å². The lowest BCUT2D eigenvalue weighted by Gasteiger charge is -2.11. The maximum Gasteiger partial charge on any atom is 0.192 e. The van der Waals surface area contributed by atoms with Gasteiger partial charge < -0.3 is 15.2 Å². The van der Waals surface area contributed by atoms with Crippen LogP contribution in [0.4, 0.5) is 0 Å². The molecular weight excluding hydrogens is 316 g/mol. The third kappa shape index (κ3) is 4.37. The smallest absolute Gasteiger partial charge is 0.192 e. The van der Waals surface area contributed by atoms with Crippen LogP contribution < -0.4 is 10.6 Å². The van der Waals surface area contributed by atoms with Gasteiger partial charge in [-0.3, -0.25) is 4.68 Å². The van der Waals surface area contributed by atoms with Crippen molar-refractivity contribution < 1.29 is 0 Å². The summed E-state index contributed by atoms with van der Waals surface area (Å²) >= 11 is 0. The lowest BCUT2D eigenvalue weighted by molar-refractivity contribution is 0.463. The molecule has 0 aromatic carbocycles. The predicted molar refractivity (Wildman–Crippen MR) is 97.1 cm³/mol. The van der Waals surface area contributed by atoms with Crippen molar-refractivity contribution in [3.05, 3.63) is 29.6 Å². The fourth-order valence-electron chi connectivity index (χ4n) is 3.10. The van der Waals surface area contributed by atoms with Crippen LogP contribution in [0.2, 0.25) is 0 Å². The second-order valence-corrected chi connectivity index (χ2v) is 6.50. The summed E-state index contributed by atoms with van der Waals surface area (Å²) in [6, 6.07) is 2.64. The molecule has 0 atom stereocenters. The van der Waals surface area contributed by atoms with Gasteiger partial charge in [0.25, 0.3) is 0 Å². The molecule has 1 saturated carbocycles. The summed E-state index contributed by atoms with van der Waals surface area (Å²) in [4.78, 5) is 4.64. The molecule has 8 heteroatoms. The number of aliphatic imine (C=N–C) groups is 1. The summed E-state index contributed by atoms with van der Waals surface area (Å²) in [5.74, 6) is 2.54. The minimum absolute atomic E-state index is 0.562. The van der Waals surface area contributed by atoms with E-state index in [0.717, 1.165) is 29.8 Å². The fourth-order valence-corrected chi connectivity index (χ4v) is 3.10. The van der Waals surface area contributed by atoms with E-state index in [2.05, 4.69) is 54.8 Å². The number of nitrogens with one attached hydrogen (secondary N) is 2. The molecule has 1 aliphatic rings. The standard InChI is InChI=1S/C17H28N8/c1-4-18-17(20-12-16-22-21-13(2)24(16)3)19-11-14-9-10-25(23-14)15-7-5-6-8-15/h9-10,15H,4-8,11-12H2,1-3H3,(H2,18,19,20). The highest BCUT2D eigenvalue weighted by Gasteiger charge is 2.17. The van der Waals surface area contributed by atoms with Gasteiger partial charge in [-0.1, -0.05) is 12.8 Å². The van der Waals surface area contributed by atoms with Crippen molar-refractivity contribution in [1.82, 2.24) is 35.2 Å². The zero-order valence-corrected chi connectivity index (χ0v) is 15.4. The molecule has 1 aliphatic carbocycles. The van der Waals surface area contributed by atoms with Crippen LogP contribution in [0.3, 0.4) is 0 Å². The Hall–Kier alpha value is -2.38. The number of aryl methyl sites for hydroxylation is 1. The van der Waals surface area contributed by atoms with Crippen molar-refractivity contribution in [3.8, 4) is 0 Å². The molecule has 1 fully saturated rings. The topological polar surface area (TPSA) is 84.9 Å². The highest BCUT2D eigenvalue weighted by Crippen LogP contribution is 2.28. The number of hydrogen-bond donors (Lipinski definition) is 2. The van der Waals surface area contributed by atoms with Gasteiger partial charge in [0.2, 0.25) is 0 Å². The Morgan fingerprint density at radius 3 is 2.76 bits per heavy atom. The predicted octanol–water partition coefficient (Wildman–Crippen LogP) is 1.69. The lowest BCUT2D eigenvalue weighted by atomic mass is 10.3. The first-order valence-electron chi connectivity index (χ1n) is 9.08. The van der Waals surface area contributed by atoms with Gasteiger partial charge in [0.1, 0.15) is 5.82 Å². The molecule has 0 amide bonds. The molecule has 0 saturated heterocycles. The van der Waals surface area contributed by atoms with Gasteiger partial charge in [-0.2, -0.15) is 5.10 Å². The van der Waals surface area contributed by atoms with E-state index in [1.165, 1.54) is 25.7 Å². The van der Waals surface area contributed by atoms with Crippen LogP contribution in [0.15, 0.2) is 17.3 Å². The largest absolute Gasteiger partial charge is 0.357 e. The Bertz CT molecular complexity index is 708. The zero-order chi connectivity index (χ0) is 17.6. The highest BCUT2D eigenvalue weighted by molar-refractivity contribution is 5.79. The first-order valence-corrected chi connectivity index (χ1v) is 9.08. The van der Waals surface area contributed by atoms with Crippen LogP contribution in [0.1, 0.15) is 56.0 Å². The Morgan fingerprint density at radius 1 is 1.28 bits per heavy atom. The van der Waals surface area contributed by atoms with Gasteiger partial charge in [0.05, 0.1) is 24.8 Å². The average molecular weight is 344 g/mol. The van der Waals surface area contributed by atoms with Crippen LogP contribution in [0.5, 0.6) is 0 Å². The van der Waals surface area contributed by atoms with E-state index in [0.29, 0.717) is 19.1 Å². The summed E-state index contributed by atoms with van der Waals surface area (Å²) in [6.07, 6.45) is 7.20. The third-order valence-corrected chi connectivity index (χ3v) is 4.70. The van der Waals surface area contributed by atoms with Crippen molar-refractivity contribution in [2.75, 3.05) is 6.54 Å². The average Bonchev–Trinajstić information content (AvgIpc) is 3.34. The molecule has 0 radical (unpaired) electrons. The van der Waals surface area contributed by atoms with Crippen molar-refractivity contribution in [2.24, 2.45) is 12.0 Å². The van der Waals surface area contributed by atoms with Crippen LogP contribution >= 0.6 is 0 Å². The van der Waals surface area contributed by atoms with Crippen molar-refractivity contribution in [2.45, 2.75) is 58.7 Å².